The van der Waals surface area contributed by atoms with Crippen molar-refractivity contribution in [2.45, 2.75) is 12.6 Å². The second kappa shape index (κ2) is 7.25. The predicted molar refractivity (Wildman–Crippen MR) is 126 cm³/mol. The number of aromatic amines is 1. The Bertz CT molecular complexity index is 1390. The van der Waals surface area contributed by atoms with Gasteiger partial charge in [0.1, 0.15) is 0 Å². The molecule has 5 aromatic rings. The lowest BCUT2D eigenvalue weighted by atomic mass is 9.93. The summed E-state index contributed by atoms with van der Waals surface area (Å²) in [6, 6.07) is 30.8. The van der Waals surface area contributed by atoms with Gasteiger partial charge in [0.25, 0.3) is 5.91 Å². The van der Waals surface area contributed by atoms with Crippen molar-refractivity contribution in [1.29, 1.82) is 0 Å². The van der Waals surface area contributed by atoms with Crippen LogP contribution in [0.2, 0.25) is 0 Å². The van der Waals surface area contributed by atoms with E-state index < -0.39 is 0 Å². The monoisotopic (exact) mass is 420 g/mol. The van der Waals surface area contributed by atoms with Crippen LogP contribution in [0.5, 0.6) is 0 Å². The molecule has 2 aromatic heterocycles. The summed E-state index contributed by atoms with van der Waals surface area (Å²) in [5.74, 6) is 0.0956. The van der Waals surface area contributed by atoms with Crippen molar-refractivity contribution < 1.29 is 4.79 Å². The highest BCUT2D eigenvalue weighted by molar-refractivity contribution is 7.09. The van der Waals surface area contributed by atoms with Gasteiger partial charge in [-0.2, -0.15) is 0 Å². The standard InChI is InChI=1S/C27H20N2OS/c30-27-21-13-5-4-12-20(21)26(29(27)17-19-11-8-16-31-19)24-22-14-6-7-15-23(22)28-25(24)18-9-2-1-3-10-18/h1-16,26,28H,17H2/t26-/m1/s1. The van der Waals surface area contributed by atoms with E-state index in [0.29, 0.717) is 6.54 Å². The number of hydrogen-bond acceptors (Lipinski definition) is 2. The second-order valence-electron chi connectivity index (χ2n) is 7.83. The molecule has 0 saturated heterocycles. The van der Waals surface area contributed by atoms with E-state index in [1.54, 1.807) is 11.3 Å². The molecule has 0 bridgehead atoms. The number of amides is 1. The first-order chi connectivity index (χ1) is 15.3. The third-order valence-corrected chi connectivity index (χ3v) is 6.91. The van der Waals surface area contributed by atoms with E-state index >= 15 is 0 Å². The Kier molecular flexibility index (Phi) is 4.25. The van der Waals surface area contributed by atoms with Crippen LogP contribution >= 0.6 is 11.3 Å². The Morgan fingerprint density at radius 2 is 1.61 bits per heavy atom. The van der Waals surface area contributed by atoms with E-state index in [2.05, 4.69) is 71.0 Å². The summed E-state index contributed by atoms with van der Waals surface area (Å²) in [5, 5.41) is 3.23. The van der Waals surface area contributed by atoms with Crippen molar-refractivity contribution in [3.05, 3.63) is 118 Å². The summed E-state index contributed by atoms with van der Waals surface area (Å²) in [6.45, 7) is 0.601. The molecule has 4 heteroatoms. The van der Waals surface area contributed by atoms with E-state index in [0.717, 1.165) is 38.9 Å². The number of aromatic nitrogens is 1. The summed E-state index contributed by atoms with van der Waals surface area (Å²) < 4.78 is 0. The number of thiophene rings is 1. The van der Waals surface area contributed by atoms with Crippen molar-refractivity contribution in [3.8, 4) is 11.3 Å². The van der Waals surface area contributed by atoms with Gasteiger partial charge in [-0.15, -0.1) is 11.3 Å². The van der Waals surface area contributed by atoms with Crippen LogP contribution in [-0.4, -0.2) is 15.8 Å². The number of hydrogen-bond donors (Lipinski definition) is 1. The largest absolute Gasteiger partial charge is 0.354 e. The normalized spacial score (nSPS) is 15.5. The molecule has 3 nitrogen and oxygen atoms in total. The fourth-order valence-corrected chi connectivity index (χ4v) is 5.40. The second-order valence-corrected chi connectivity index (χ2v) is 8.86. The molecule has 6 rings (SSSR count). The van der Waals surface area contributed by atoms with E-state index in [1.807, 2.05) is 35.2 Å². The van der Waals surface area contributed by atoms with Crippen LogP contribution in [0.3, 0.4) is 0 Å². The molecule has 0 aliphatic carbocycles. The average Bonchev–Trinajstić information content (AvgIpc) is 3.53. The predicted octanol–water partition coefficient (Wildman–Crippen LogP) is 6.64. The average molecular weight is 421 g/mol. The van der Waals surface area contributed by atoms with E-state index in [9.17, 15) is 4.79 Å². The minimum atomic E-state index is -0.142. The topological polar surface area (TPSA) is 36.1 Å². The molecule has 0 fully saturated rings. The Hall–Kier alpha value is -3.63. The van der Waals surface area contributed by atoms with Crippen LogP contribution in [0.4, 0.5) is 0 Å². The van der Waals surface area contributed by atoms with Crippen molar-refractivity contribution in [2.75, 3.05) is 0 Å². The number of rotatable bonds is 4. The molecule has 1 aliphatic heterocycles. The third kappa shape index (κ3) is 2.91. The summed E-state index contributed by atoms with van der Waals surface area (Å²) in [6.07, 6.45) is 0. The molecular formula is C27H20N2OS. The van der Waals surface area contributed by atoms with Gasteiger partial charge in [-0.1, -0.05) is 72.8 Å². The SMILES string of the molecule is O=C1c2ccccc2[C@H](c2c(-c3ccccc3)[nH]c3ccccc23)N1Cc1cccs1. The maximum Gasteiger partial charge on any atom is 0.255 e. The van der Waals surface area contributed by atoms with Crippen molar-refractivity contribution >= 4 is 28.1 Å². The summed E-state index contributed by atoms with van der Waals surface area (Å²) in [5.41, 5.74) is 6.33. The third-order valence-electron chi connectivity index (χ3n) is 6.05. The number of carbonyl (C=O) groups excluding carboxylic acids is 1. The molecule has 3 heterocycles. The van der Waals surface area contributed by atoms with Gasteiger partial charge in [-0.3, -0.25) is 4.79 Å². The molecule has 0 unspecified atom stereocenters. The Morgan fingerprint density at radius 3 is 2.45 bits per heavy atom. The van der Waals surface area contributed by atoms with Crippen LogP contribution in [0, 0.1) is 0 Å². The first-order valence-corrected chi connectivity index (χ1v) is 11.3. The summed E-state index contributed by atoms with van der Waals surface area (Å²) in [4.78, 5) is 20.4. The molecule has 150 valence electrons. The molecule has 0 radical (unpaired) electrons. The van der Waals surface area contributed by atoms with Crippen LogP contribution in [0.1, 0.15) is 32.4 Å². The highest BCUT2D eigenvalue weighted by Gasteiger charge is 2.40. The van der Waals surface area contributed by atoms with Crippen molar-refractivity contribution in [2.24, 2.45) is 0 Å². The molecule has 31 heavy (non-hydrogen) atoms. The van der Waals surface area contributed by atoms with Crippen LogP contribution < -0.4 is 0 Å². The maximum absolute atomic E-state index is 13.5. The van der Waals surface area contributed by atoms with E-state index in [4.69, 9.17) is 0 Å². The Morgan fingerprint density at radius 1 is 0.839 bits per heavy atom. The van der Waals surface area contributed by atoms with Gasteiger partial charge in [-0.05, 0) is 34.7 Å². The number of carbonyl (C=O) groups is 1. The zero-order valence-electron chi connectivity index (χ0n) is 16.8. The smallest absolute Gasteiger partial charge is 0.255 e. The number of fused-ring (bicyclic) bond motifs is 2. The number of para-hydroxylation sites is 1. The summed E-state index contributed by atoms with van der Waals surface area (Å²) >= 11 is 1.69. The molecule has 3 aromatic carbocycles. The molecule has 0 saturated carbocycles. The lowest BCUT2D eigenvalue weighted by Crippen LogP contribution is -2.28. The zero-order chi connectivity index (χ0) is 20.8. The van der Waals surface area contributed by atoms with Crippen LogP contribution in [0.25, 0.3) is 22.2 Å². The minimum Gasteiger partial charge on any atom is -0.354 e. The number of benzene rings is 3. The minimum absolute atomic E-state index is 0.0956. The van der Waals surface area contributed by atoms with Gasteiger partial charge in [-0.25, -0.2) is 0 Å². The van der Waals surface area contributed by atoms with Gasteiger partial charge in [0, 0.05) is 26.9 Å². The van der Waals surface area contributed by atoms with Crippen LogP contribution in [0.15, 0.2) is 96.4 Å². The number of nitrogens with zero attached hydrogens (tertiary/aromatic N) is 1. The molecule has 0 spiro atoms. The van der Waals surface area contributed by atoms with Gasteiger partial charge in [0.15, 0.2) is 0 Å². The molecule has 1 aliphatic rings. The van der Waals surface area contributed by atoms with Gasteiger partial charge in [0.05, 0.1) is 18.3 Å². The highest BCUT2D eigenvalue weighted by atomic mass is 32.1. The van der Waals surface area contributed by atoms with Crippen molar-refractivity contribution in [1.82, 2.24) is 9.88 Å². The van der Waals surface area contributed by atoms with Gasteiger partial charge in [0.2, 0.25) is 0 Å². The maximum atomic E-state index is 13.5. The molecule has 1 amide bonds. The first-order valence-electron chi connectivity index (χ1n) is 10.4. The molecule has 1 atom stereocenters. The zero-order valence-corrected chi connectivity index (χ0v) is 17.6. The fourth-order valence-electron chi connectivity index (χ4n) is 4.70. The first kappa shape index (κ1) is 18.2. The van der Waals surface area contributed by atoms with E-state index in [-0.39, 0.29) is 11.9 Å². The van der Waals surface area contributed by atoms with Gasteiger partial charge >= 0.3 is 0 Å². The lowest BCUT2D eigenvalue weighted by molar-refractivity contribution is 0.0739. The van der Waals surface area contributed by atoms with E-state index in [1.165, 1.54) is 4.88 Å². The summed E-state index contributed by atoms with van der Waals surface area (Å²) in [7, 11) is 0. The molecule has 1 N–H and O–H groups in total. The Balaban J connectivity index is 1.62. The number of H-pyrrole nitrogens is 1. The highest BCUT2D eigenvalue weighted by Crippen LogP contribution is 2.46. The molecular weight excluding hydrogens is 400 g/mol. The van der Waals surface area contributed by atoms with Crippen molar-refractivity contribution in [3.63, 3.8) is 0 Å². The fraction of sp³-hybridized carbons (Fsp3) is 0.0741. The van der Waals surface area contributed by atoms with Gasteiger partial charge < -0.3 is 9.88 Å². The number of nitrogens with one attached hydrogen (secondary N) is 1. The quantitative estimate of drug-likeness (QED) is 0.347. The van der Waals surface area contributed by atoms with Crippen LogP contribution in [-0.2, 0) is 6.54 Å². The lowest BCUT2D eigenvalue weighted by Gasteiger charge is -2.26. The Labute approximate surface area is 184 Å².